The third-order valence-corrected chi connectivity index (χ3v) is 6.02. The van der Waals surface area contributed by atoms with Crippen LogP contribution in [-0.4, -0.2) is 30.9 Å². The highest BCUT2D eigenvalue weighted by Crippen LogP contribution is 2.39. The zero-order valence-corrected chi connectivity index (χ0v) is 16.2. The maximum Gasteiger partial charge on any atom is 0.239 e. The number of nitrogens with one attached hydrogen (secondary N) is 1. The maximum absolute atomic E-state index is 12.5. The molecule has 0 radical (unpaired) electrons. The molecule has 0 saturated heterocycles. The minimum atomic E-state index is -0.278. The second-order valence-electron chi connectivity index (χ2n) is 6.28. The Morgan fingerprint density at radius 1 is 1.31 bits per heavy atom. The highest BCUT2D eigenvalue weighted by molar-refractivity contribution is 8.00. The van der Waals surface area contributed by atoms with E-state index in [2.05, 4.69) is 25.1 Å². The summed E-state index contributed by atoms with van der Waals surface area (Å²) in [7, 11) is 0. The van der Waals surface area contributed by atoms with Crippen molar-refractivity contribution in [2.75, 3.05) is 5.32 Å². The first-order valence-corrected chi connectivity index (χ1v) is 10.3. The predicted octanol–water partition coefficient (Wildman–Crippen LogP) is 4.16. The molecule has 0 aliphatic heterocycles. The van der Waals surface area contributed by atoms with Gasteiger partial charge in [0.1, 0.15) is 5.82 Å². The summed E-state index contributed by atoms with van der Waals surface area (Å²) in [5.41, 5.74) is 1.91. The van der Waals surface area contributed by atoms with Gasteiger partial charge in [0.2, 0.25) is 5.91 Å². The van der Waals surface area contributed by atoms with E-state index in [4.69, 9.17) is 0 Å². The molecule has 1 aliphatic rings. The van der Waals surface area contributed by atoms with Gasteiger partial charge in [0.25, 0.3) is 0 Å². The minimum Gasteiger partial charge on any atom is -0.303 e. The number of thioether (sulfide) groups is 1. The van der Waals surface area contributed by atoms with Crippen LogP contribution in [0.1, 0.15) is 31.6 Å². The number of hydrogen-bond donors (Lipinski definition) is 1. The first-order valence-electron chi connectivity index (χ1n) is 8.52. The molecule has 2 heterocycles. The van der Waals surface area contributed by atoms with Gasteiger partial charge in [-0.05, 0) is 26.7 Å². The molecule has 1 amide bonds. The van der Waals surface area contributed by atoms with Gasteiger partial charge < -0.3 is 9.88 Å². The van der Waals surface area contributed by atoms with Gasteiger partial charge in [-0.2, -0.15) is 0 Å². The fourth-order valence-electron chi connectivity index (χ4n) is 2.67. The van der Waals surface area contributed by atoms with Crippen LogP contribution in [0.2, 0.25) is 0 Å². The minimum absolute atomic E-state index is 0.0769. The van der Waals surface area contributed by atoms with Gasteiger partial charge >= 0.3 is 0 Å². The fraction of sp³-hybridized carbons (Fsp3) is 0.333. The summed E-state index contributed by atoms with van der Waals surface area (Å²) in [5, 5.41) is 14.4. The van der Waals surface area contributed by atoms with Crippen molar-refractivity contribution in [1.29, 1.82) is 0 Å². The lowest BCUT2D eigenvalue weighted by Gasteiger charge is -2.11. The molecular formula is C18H19N5OS2. The zero-order chi connectivity index (χ0) is 18.1. The molecule has 4 rings (SSSR count). The van der Waals surface area contributed by atoms with Crippen LogP contribution in [0.15, 0.2) is 40.9 Å². The van der Waals surface area contributed by atoms with Crippen LogP contribution in [0.5, 0.6) is 0 Å². The smallest absolute Gasteiger partial charge is 0.239 e. The summed E-state index contributed by atoms with van der Waals surface area (Å²) >= 11 is 2.88. The third kappa shape index (κ3) is 3.66. The Balaban J connectivity index is 1.41. The van der Waals surface area contributed by atoms with Crippen molar-refractivity contribution in [2.45, 2.75) is 43.1 Å². The average molecular weight is 386 g/mol. The van der Waals surface area contributed by atoms with Crippen molar-refractivity contribution >= 4 is 34.1 Å². The molecule has 0 unspecified atom stereocenters. The number of aromatic nitrogens is 4. The number of anilines is 1. The van der Waals surface area contributed by atoms with Gasteiger partial charge in [-0.15, -0.1) is 21.5 Å². The molecule has 0 bridgehead atoms. The molecule has 134 valence electrons. The summed E-state index contributed by atoms with van der Waals surface area (Å²) in [6.07, 6.45) is 2.32. The number of carbonyl (C=O) groups excluding carboxylic acids is 1. The number of amides is 1. The Hall–Kier alpha value is -2.19. The molecule has 8 heteroatoms. The van der Waals surface area contributed by atoms with Crippen LogP contribution in [-0.2, 0) is 4.79 Å². The van der Waals surface area contributed by atoms with Crippen molar-refractivity contribution in [3.63, 3.8) is 0 Å². The lowest BCUT2D eigenvalue weighted by atomic mass is 10.2. The Kier molecular flexibility index (Phi) is 4.78. The van der Waals surface area contributed by atoms with Gasteiger partial charge in [0.15, 0.2) is 10.3 Å². The van der Waals surface area contributed by atoms with Crippen molar-refractivity contribution in [2.24, 2.45) is 0 Å². The van der Waals surface area contributed by atoms with Crippen molar-refractivity contribution in [1.82, 2.24) is 19.7 Å². The number of rotatable bonds is 6. The Labute approximate surface area is 160 Å². The number of nitrogens with zero attached hydrogens (tertiary/aromatic N) is 4. The highest BCUT2D eigenvalue weighted by Gasteiger charge is 2.30. The largest absolute Gasteiger partial charge is 0.303 e. The van der Waals surface area contributed by atoms with Crippen LogP contribution in [0, 0.1) is 6.92 Å². The number of thiazole rings is 1. The number of benzene rings is 1. The van der Waals surface area contributed by atoms with E-state index in [1.54, 1.807) is 0 Å². The molecule has 1 aromatic carbocycles. The Bertz CT molecular complexity index is 917. The molecule has 1 N–H and O–H groups in total. The predicted molar refractivity (Wildman–Crippen MR) is 105 cm³/mol. The summed E-state index contributed by atoms with van der Waals surface area (Å²) in [4.78, 5) is 17.1. The summed E-state index contributed by atoms with van der Waals surface area (Å²) in [6, 6.07) is 10.4. The third-order valence-electron chi connectivity index (χ3n) is 4.20. The Morgan fingerprint density at radius 3 is 2.81 bits per heavy atom. The topological polar surface area (TPSA) is 72.7 Å². The number of carbonyl (C=O) groups is 1. The normalized spacial score (nSPS) is 15.0. The second kappa shape index (κ2) is 7.20. The first-order chi connectivity index (χ1) is 12.6. The molecular weight excluding hydrogens is 366 g/mol. The van der Waals surface area contributed by atoms with Gasteiger partial charge in [-0.3, -0.25) is 4.79 Å². The van der Waals surface area contributed by atoms with Crippen molar-refractivity contribution in [3.05, 3.63) is 41.5 Å². The standard InChI is InChI=1S/C18H19N5OS2/c1-11(26-18-22-21-12(2)23(18)14-8-9-14)16(24)20-17-19-15(10-25-17)13-6-4-3-5-7-13/h3-7,10-11,14H,8-9H2,1-2H3,(H,19,20,24)/t11-/m0/s1. The molecule has 6 nitrogen and oxygen atoms in total. The molecule has 1 saturated carbocycles. The molecule has 26 heavy (non-hydrogen) atoms. The van der Waals surface area contributed by atoms with Crippen molar-refractivity contribution < 1.29 is 4.79 Å². The quantitative estimate of drug-likeness (QED) is 0.645. The van der Waals surface area contributed by atoms with E-state index in [1.165, 1.54) is 23.1 Å². The van der Waals surface area contributed by atoms with Gasteiger partial charge in [0.05, 0.1) is 10.9 Å². The number of hydrogen-bond acceptors (Lipinski definition) is 6. The molecule has 0 spiro atoms. The maximum atomic E-state index is 12.5. The van der Waals surface area contributed by atoms with E-state index in [-0.39, 0.29) is 11.2 Å². The van der Waals surface area contributed by atoms with E-state index >= 15 is 0 Å². The van der Waals surface area contributed by atoms with E-state index in [1.807, 2.05) is 49.6 Å². The second-order valence-corrected chi connectivity index (χ2v) is 8.45. The van der Waals surface area contributed by atoms with Gasteiger partial charge in [-0.25, -0.2) is 4.98 Å². The molecule has 1 aliphatic carbocycles. The van der Waals surface area contributed by atoms with Crippen LogP contribution in [0.4, 0.5) is 5.13 Å². The number of aryl methyl sites for hydroxylation is 1. The summed E-state index contributed by atoms with van der Waals surface area (Å²) in [5.74, 6) is 0.835. The first kappa shape index (κ1) is 17.2. The monoisotopic (exact) mass is 385 g/mol. The fourth-order valence-corrected chi connectivity index (χ4v) is 4.36. The van der Waals surface area contributed by atoms with Gasteiger partial charge in [-0.1, -0.05) is 42.1 Å². The van der Waals surface area contributed by atoms with Gasteiger partial charge in [0, 0.05) is 17.0 Å². The van der Waals surface area contributed by atoms with E-state index in [9.17, 15) is 4.79 Å². The van der Waals surface area contributed by atoms with E-state index in [0.29, 0.717) is 11.2 Å². The van der Waals surface area contributed by atoms with E-state index in [0.717, 1.165) is 35.1 Å². The average Bonchev–Trinajstić information content (AvgIpc) is 3.26. The van der Waals surface area contributed by atoms with Crippen LogP contribution >= 0.6 is 23.1 Å². The molecule has 2 aromatic heterocycles. The Morgan fingerprint density at radius 2 is 2.08 bits per heavy atom. The zero-order valence-electron chi connectivity index (χ0n) is 14.5. The van der Waals surface area contributed by atoms with Crippen LogP contribution in [0.3, 0.4) is 0 Å². The van der Waals surface area contributed by atoms with Crippen molar-refractivity contribution in [3.8, 4) is 11.3 Å². The lowest BCUT2D eigenvalue weighted by Crippen LogP contribution is -2.22. The molecule has 3 aromatic rings. The molecule has 1 atom stereocenters. The van der Waals surface area contributed by atoms with Crippen LogP contribution in [0.25, 0.3) is 11.3 Å². The van der Waals surface area contributed by atoms with E-state index < -0.39 is 0 Å². The highest BCUT2D eigenvalue weighted by atomic mass is 32.2. The van der Waals surface area contributed by atoms with Crippen LogP contribution < -0.4 is 5.32 Å². The SMILES string of the molecule is Cc1nnc(S[C@@H](C)C(=O)Nc2nc(-c3ccccc3)cs2)n1C1CC1. The summed E-state index contributed by atoms with van der Waals surface area (Å²) < 4.78 is 2.14. The molecule has 1 fully saturated rings. The summed E-state index contributed by atoms with van der Waals surface area (Å²) in [6.45, 7) is 3.84. The lowest BCUT2D eigenvalue weighted by molar-refractivity contribution is -0.115.